The second-order valence-corrected chi connectivity index (χ2v) is 10.7. The number of aromatic amines is 1. The third kappa shape index (κ3) is 5.54. The number of hydrogen-bond donors (Lipinski definition) is 2. The summed E-state index contributed by atoms with van der Waals surface area (Å²) in [6.07, 6.45) is 2.36. The fourth-order valence-corrected chi connectivity index (χ4v) is 5.64. The number of H-pyrrole nitrogens is 1. The average Bonchev–Trinajstić information content (AvgIpc) is 3.44. The van der Waals surface area contributed by atoms with Gasteiger partial charge in [-0.15, -0.1) is 0 Å². The Morgan fingerprint density at radius 1 is 0.950 bits per heavy atom. The third-order valence-corrected chi connectivity index (χ3v) is 8.19. The van der Waals surface area contributed by atoms with Crippen molar-refractivity contribution in [2.45, 2.75) is 45.1 Å². The number of aromatic nitrogens is 2. The lowest BCUT2D eigenvalue weighted by Crippen LogP contribution is -2.60. The average molecular weight is 550 g/mol. The highest BCUT2D eigenvalue weighted by atomic mass is 19.1. The van der Waals surface area contributed by atoms with Crippen LogP contribution in [0.3, 0.4) is 0 Å². The van der Waals surface area contributed by atoms with E-state index in [2.05, 4.69) is 15.5 Å². The molecule has 2 amide bonds. The lowest BCUT2D eigenvalue weighted by Gasteiger charge is -2.40. The first-order chi connectivity index (χ1) is 19.2. The zero-order valence-electron chi connectivity index (χ0n) is 22.7. The van der Waals surface area contributed by atoms with Gasteiger partial charge in [-0.25, -0.2) is 13.9 Å². The van der Waals surface area contributed by atoms with Crippen molar-refractivity contribution in [2.75, 3.05) is 32.7 Å². The molecule has 3 aromatic rings. The number of nitrogens with one attached hydrogen (secondary N) is 2. The molecule has 0 radical (unpaired) electrons. The normalized spacial score (nSPS) is 19.2. The number of piperazine rings is 1. The second-order valence-electron chi connectivity index (χ2n) is 10.7. The van der Waals surface area contributed by atoms with Crippen LogP contribution in [-0.2, 0) is 17.6 Å². The van der Waals surface area contributed by atoms with Gasteiger partial charge in [0.1, 0.15) is 17.2 Å². The van der Waals surface area contributed by atoms with E-state index in [0.717, 1.165) is 24.1 Å². The molecule has 0 aliphatic carbocycles. The Bertz CT molecular complexity index is 1470. The molecule has 2 aliphatic heterocycles. The van der Waals surface area contributed by atoms with Crippen molar-refractivity contribution in [1.82, 2.24) is 25.3 Å². The van der Waals surface area contributed by atoms with Crippen molar-refractivity contribution in [3.63, 3.8) is 0 Å². The van der Waals surface area contributed by atoms with Gasteiger partial charge < -0.3 is 15.1 Å². The first-order valence-corrected chi connectivity index (χ1v) is 13.6. The van der Waals surface area contributed by atoms with E-state index in [4.69, 9.17) is 0 Å². The molecule has 10 heteroatoms. The SMILES string of the molecule is Cc1c(Cc2ccc(F)c(C(=O)N3CCN(C(=O)[C@]4(Cc5ccc(F)cc5)CCCN4)CC3)c2)n[nH]c(=O)c1C. The number of carbonyl (C=O) groups excluding carboxylic acids is 2. The van der Waals surface area contributed by atoms with Gasteiger partial charge >= 0.3 is 0 Å². The molecule has 0 spiro atoms. The molecule has 210 valence electrons. The number of hydrogen-bond acceptors (Lipinski definition) is 5. The van der Waals surface area contributed by atoms with Gasteiger partial charge in [-0.05, 0) is 80.6 Å². The monoisotopic (exact) mass is 549 g/mol. The molecule has 2 aliphatic rings. The molecule has 2 fully saturated rings. The number of amides is 2. The molecule has 2 aromatic carbocycles. The van der Waals surface area contributed by atoms with E-state index in [-0.39, 0.29) is 22.8 Å². The van der Waals surface area contributed by atoms with E-state index >= 15 is 0 Å². The molecule has 3 heterocycles. The summed E-state index contributed by atoms with van der Waals surface area (Å²) in [4.78, 5) is 42.2. The minimum Gasteiger partial charge on any atom is -0.338 e. The lowest BCUT2D eigenvalue weighted by atomic mass is 9.87. The maximum Gasteiger partial charge on any atom is 0.267 e. The summed E-state index contributed by atoms with van der Waals surface area (Å²) in [5.74, 6) is -1.37. The molecule has 0 saturated carbocycles. The van der Waals surface area contributed by atoms with Crippen LogP contribution in [0, 0.1) is 25.5 Å². The number of carbonyl (C=O) groups is 2. The highest BCUT2D eigenvalue weighted by Crippen LogP contribution is 2.28. The van der Waals surface area contributed by atoms with E-state index in [1.807, 2.05) is 6.92 Å². The fraction of sp³-hybridized carbons (Fsp3) is 0.400. The Labute approximate surface area is 231 Å². The van der Waals surface area contributed by atoms with Crippen LogP contribution in [0.5, 0.6) is 0 Å². The molecule has 2 saturated heterocycles. The zero-order chi connectivity index (χ0) is 28.4. The predicted molar refractivity (Wildman–Crippen MR) is 146 cm³/mol. The largest absolute Gasteiger partial charge is 0.338 e. The van der Waals surface area contributed by atoms with E-state index in [1.54, 1.807) is 34.9 Å². The van der Waals surface area contributed by atoms with Crippen LogP contribution in [0.4, 0.5) is 8.78 Å². The number of rotatable bonds is 6. The van der Waals surface area contributed by atoms with Gasteiger partial charge in [-0.2, -0.15) is 5.10 Å². The van der Waals surface area contributed by atoms with Crippen molar-refractivity contribution in [3.8, 4) is 0 Å². The molecule has 2 N–H and O–H groups in total. The van der Waals surface area contributed by atoms with Gasteiger partial charge in [0.25, 0.3) is 11.5 Å². The smallest absolute Gasteiger partial charge is 0.267 e. The molecule has 0 unspecified atom stereocenters. The molecule has 1 atom stereocenters. The molecule has 1 aromatic heterocycles. The van der Waals surface area contributed by atoms with Crippen molar-refractivity contribution in [2.24, 2.45) is 0 Å². The lowest BCUT2D eigenvalue weighted by molar-refractivity contribution is -0.139. The van der Waals surface area contributed by atoms with Crippen LogP contribution in [0.1, 0.15) is 51.1 Å². The van der Waals surface area contributed by atoms with Gasteiger partial charge in [0, 0.05) is 38.2 Å². The van der Waals surface area contributed by atoms with Gasteiger partial charge in [-0.1, -0.05) is 18.2 Å². The summed E-state index contributed by atoms with van der Waals surface area (Å²) in [6, 6.07) is 10.6. The minimum atomic E-state index is -0.753. The van der Waals surface area contributed by atoms with Gasteiger partial charge in [0.15, 0.2) is 0 Å². The van der Waals surface area contributed by atoms with Crippen molar-refractivity contribution in [3.05, 3.63) is 98.0 Å². The highest BCUT2D eigenvalue weighted by molar-refractivity contribution is 5.95. The predicted octanol–water partition coefficient (Wildman–Crippen LogP) is 2.91. The van der Waals surface area contributed by atoms with Crippen LogP contribution < -0.4 is 10.9 Å². The Morgan fingerprint density at radius 2 is 1.62 bits per heavy atom. The van der Waals surface area contributed by atoms with E-state index in [1.165, 1.54) is 24.3 Å². The maximum atomic E-state index is 14.8. The van der Waals surface area contributed by atoms with Crippen LogP contribution in [0.25, 0.3) is 0 Å². The van der Waals surface area contributed by atoms with Crippen molar-refractivity contribution >= 4 is 11.8 Å². The van der Waals surface area contributed by atoms with Crippen LogP contribution >= 0.6 is 0 Å². The molecular weight excluding hydrogens is 516 g/mol. The Kier molecular flexibility index (Phi) is 7.80. The fourth-order valence-electron chi connectivity index (χ4n) is 5.64. The zero-order valence-corrected chi connectivity index (χ0v) is 22.7. The van der Waals surface area contributed by atoms with Gasteiger partial charge in [0.05, 0.1) is 11.3 Å². The van der Waals surface area contributed by atoms with Crippen LogP contribution in [-0.4, -0.2) is 70.1 Å². The van der Waals surface area contributed by atoms with E-state index in [0.29, 0.717) is 62.3 Å². The summed E-state index contributed by atoms with van der Waals surface area (Å²) < 4.78 is 28.2. The standard InChI is InChI=1S/C30H33F2N5O3/c1-19-20(2)27(38)35-34-26(19)17-22-6-9-25(32)24(16-22)28(39)36-12-14-37(15-13-36)29(40)30(10-3-11-33-30)18-21-4-7-23(31)8-5-21/h4-9,16,33H,3,10-15,17-18H2,1-2H3,(H,35,38)/t30-/m1/s1. The quantitative estimate of drug-likeness (QED) is 0.493. The topological polar surface area (TPSA) is 98.4 Å². The highest BCUT2D eigenvalue weighted by Gasteiger charge is 2.44. The summed E-state index contributed by atoms with van der Waals surface area (Å²) in [5, 5.41) is 10.00. The first-order valence-electron chi connectivity index (χ1n) is 13.6. The molecule has 5 rings (SSSR count). The summed E-state index contributed by atoms with van der Waals surface area (Å²) in [5.41, 5.74) is 2.55. The second kappa shape index (κ2) is 11.3. The van der Waals surface area contributed by atoms with Crippen LogP contribution in [0.2, 0.25) is 0 Å². The first kappa shape index (κ1) is 27.6. The van der Waals surface area contributed by atoms with Crippen molar-refractivity contribution < 1.29 is 18.4 Å². The Balaban J connectivity index is 1.26. The summed E-state index contributed by atoms with van der Waals surface area (Å²) >= 11 is 0. The molecular formula is C30H33F2N5O3. The minimum absolute atomic E-state index is 0.0198. The number of nitrogens with zero attached hydrogens (tertiary/aromatic N) is 3. The Morgan fingerprint density at radius 3 is 2.30 bits per heavy atom. The number of benzene rings is 2. The molecule has 40 heavy (non-hydrogen) atoms. The Hall–Kier alpha value is -3.92. The molecule has 8 nitrogen and oxygen atoms in total. The summed E-state index contributed by atoms with van der Waals surface area (Å²) in [7, 11) is 0. The number of halogens is 2. The molecule has 0 bridgehead atoms. The maximum absolute atomic E-state index is 14.8. The van der Waals surface area contributed by atoms with Gasteiger partial charge in [-0.3, -0.25) is 14.4 Å². The van der Waals surface area contributed by atoms with Crippen molar-refractivity contribution in [1.29, 1.82) is 0 Å². The third-order valence-electron chi connectivity index (χ3n) is 8.19. The van der Waals surface area contributed by atoms with E-state index < -0.39 is 17.3 Å². The van der Waals surface area contributed by atoms with Crippen LogP contribution in [0.15, 0.2) is 47.3 Å². The van der Waals surface area contributed by atoms with Gasteiger partial charge in [0.2, 0.25) is 5.91 Å². The summed E-state index contributed by atoms with van der Waals surface area (Å²) in [6.45, 7) is 5.54. The van der Waals surface area contributed by atoms with E-state index in [9.17, 15) is 23.2 Å².